The summed E-state index contributed by atoms with van der Waals surface area (Å²) in [6, 6.07) is 0.301. The fraction of sp³-hybridized carbons (Fsp3) is 0.636. The van der Waals surface area contributed by atoms with Crippen molar-refractivity contribution in [3.63, 3.8) is 0 Å². The average Bonchev–Trinajstić information content (AvgIpc) is 2.78. The fourth-order valence-electron chi connectivity index (χ4n) is 2.62. The maximum absolute atomic E-state index is 12.3. The summed E-state index contributed by atoms with van der Waals surface area (Å²) in [6.07, 6.45) is 5.82. The molecule has 6 heteroatoms. The molecule has 0 radical (unpaired) electrons. The van der Waals surface area contributed by atoms with Gasteiger partial charge >= 0.3 is 0 Å². The van der Waals surface area contributed by atoms with Crippen molar-refractivity contribution < 1.29 is 0 Å². The SMILES string of the molecule is Cc1nc2snnc2c(=O)n1C1CCCCC1. The predicted octanol–water partition coefficient (Wildman–Crippen LogP) is 2.06. The van der Waals surface area contributed by atoms with Crippen LogP contribution in [-0.2, 0) is 0 Å². The molecule has 0 bridgehead atoms. The summed E-state index contributed by atoms with van der Waals surface area (Å²) in [6.45, 7) is 1.90. The van der Waals surface area contributed by atoms with Gasteiger partial charge in [0.2, 0.25) is 0 Å². The highest BCUT2D eigenvalue weighted by Gasteiger charge is 2.20. The first-order chi connectivity index (χ1) is 8.27. The third kappa shape index (κ3) is 1.76. The molecule has 1 aliphatic carbocycles. The van der Waals surface area contributed by atoms with Crippen LogP contribution in [0.4, 0.5) is 0 Å². The highest BCUT2D eigenvalue weighted by atomic mass is 32.1. The first-order valence-electron chi connectivity index (χ1n) is 5.98. The highest BCUT2D eigenvalue weighted by Crippen LogP contribution is 2.28. The van der Waals surface area contributed by atoms with Crippen LogP contribution in [0.3, 0.4) is 0 Å². The molecule has 0 N–H and O–H groups in total. The van der Waals surface area contributed by atoms with Crippen LogP contribution >= 0.6 is 11.5 Å². The molecule has 90 valence electrons. The molecule has 0 spiro atoms. The Hall–Kier alpha value is -1.30. The van der Waals surface area contributed by atoms with Crippen molar-refractivity contribution in [2.45, 2.75) is 45.1 Å². The van der Waals surface area contributed by atoms with Gasteiger partial charge < -0.3 is 0 Å². The lowest BCUT2D eigenvalue weighted by atomic mass is 9.95. The van der Waals surface area contributed by atoms with Crippen LogP contribution in [0.1, 0.15) is 44.0 Å². The third-order valence-corrected chi connectivity index (χ3v) is 4.06. The molecule has 1 aliphatic rings. The van der Waals surface area contributed by atoms with Crippen LogP contribution in [0.25, 0.3) is 10.3 Å². The maximum atomic E-state index is 12.3. The van der Waals surface area contributed by atoms with Gasteiger partial charge in [0.1, 0.15) is 5.82 Å². The maximum Gasteiger partial charge on any atom is 0.283 e. The molecular formula is C11H14N4OS. The molecule has 2 aromatic rings. The van der Waals surface area contributed by atoms with Crippen molar-refractivity contribution in [1.82, 2.24) is 19.1 Å². The minimum atomic E-state index is -0.0202. The van der Waals surface area contributed by atoms with Crippen molar-refractivity contribution in [2.24, 2.45) is 0 Å². The third-order valence-electron chi connectivity index (χ3n) is 3.44. The zero-order chi connectivity index (χ0) is 11.8. The van der Waals surface area contributed by atoms with Gasteiger partial charge in [-0.3, -0.25) is 9.36 Å². The largest absolute Gasteiger partial charge is 0.292 e. The zero-order valence-electron chi connectivity index (χ0n) is 9.72. The first-order valence-corrected chi connectivity index (χ1v) is 6.76. The summed E-state index contributed by atoms with van der Waals surface area (Å²) in [5.74, 6) is 0.792. The van der Waals surface area contributed by atoms with Gasteiger partial charge in [0.15, 0.2) is 10.3 Å². The fourth-order valence-corrected chi connectivity index (χ4v) is 3.21. The van der Waals surface area contributed by atoms with Gasteiger partial charge in [0.05, 0.1) is 0 Å². The van der Waals surface area contributed by atoms with E-state index in [1.165, 1.54) is 30.8 Å². The van der Waals surface area contributed by atoms with E-state index in [4.69, 9.17) is 0 Å². The second kappa shape index (κ2) is 4.18. The van der Waals surface area contributed by atoms with E-state index in [0.717, 1.165) is 18.7 Å². The summed E-state index contributed by atoms with van der Waals surface area (Å²) in [5, 5.41) is 3.89. The van der Waals surface area contributed by atoms with Gasteiger partial charge in [-0.1, -0.05) is 23.8 Å². The summed E-state index contributed by atoms with van der Waals surface area (Å²) < 4.78 is 5.63. The van der Waals surface area contributed by atoms with Gasteiger partial charge in [-0.25, -0.2) is 4.98 Å². The van der Waals surface area contributed by atoms with Crippen LogP contribution < -0.4 is 5.56 Å². The van der Waals surface area contributed by atoms with Crippen molar-refractivity contribution in [3.8, 4) is 0 Å². The standard InChI is InChI=1S/C11H14N4OS/c1-7-12-10-9(13-14-17-10)11(16)15(7)8-5-3-2-4-6-8/h8H,2-6H2,1H3. The number of hydrogen-bond acceptors (Lipinski definition) is 5. The lowest BCUT2D eigenvalue weighted by Gasteiger charge is -2.24. The van der Waals surface area contributed by atoms with Crippen LogP contribution in [0.5, 0.6) is 0 Å². The van der Waals surface area contributed by atoms with Gasteiger partial charge in [-0.15, -0.1) is 5.10 Å². The van der Waals surface area contributed by atoms with Crippen molar-refractivity contribution >= 4 is 21.9 Å². The number of hydrogen-bond donors (Lipinski definition) is 0. The van der Waals surface area contributed by atoms with Gasteiger partial charge in [0.25, 0.3) is 5.56 Å². The molecule has 0 amide bonds. The molecule has 0 unspecified atom stereocenters. The Bertz CT molecular complexity index is 597. The summed E-state index contributed by atoms with van der Waals surface area (Å²) in [4.78, 5) is 17.4. The number of aromatic nitrogens is 4. The molecule has 17 heavy (non-hydrogen) atoms. The Balaban J connectivity index is 2.17. The highest BCUT2D eigenvalue weighted by molar-refractivity contribution is 7.12. The van der Waals surface area contributed by atoms with Crippen molar-refractivity contribution in [1.29, 1.82) is 0 Å². The first kappa shape index (κ1) is 10.8. The number of rotatable bonds is 1. The molecule has 5 nitrogen and oxygen atoms in total. The number of fused-ring (bicyclic) bond motifs is 1. The molecule has 2 heterocycles. The minimum Gasteiger partial charge on any atom is -0.292 e. The minimum absolute atomic E-state index is 0.0202. The molecule has 1 fully saturated rings. The summed E-state index contributed by atoms with van der Waals surface area (Å²) in [5.41, 5.74) is 0.402. The quantitative estimate of drug-likeness (QED) is 0.777. The van der Waals surface area contributed by atoms with Crippen LogP contribution in [0.2, 0.25) is 0 Å². The van der Waals surface area contributed by atoms with Gasteiger partial charge in [0, 0.05) is 17.6 Å². The molecular weight excluding hydrogens is 236 g/mol. The van der Waals surface area contributed by atoms with E-state index < -0.39 is 0 Å². The molecule has 3 rings (SSSR count). The van der Waals surface area contributed by atoms with E-state index in [1.807, 2.05) is 11.5 Å². The monoisotopic (exact) mass is 250 g/mol. The van der Waals surface area contributed by atoms with E-state index in [9.17, 15) is 4.79 Å². The number of aryl methyl sites for hydroxylation is 1. The van der Waals surface area contributed by atoms with Crippen LogP contribution in [0, 0.1) is 6.92 Å². The molecule has 1 saturated carbocycles. The topological polar surface area (TPSA) is 60.7 Å². The lowest BCUT2D eigenvalue weighted by Crippen LogP contribution is -2.29. The number of nitrogens with zero attached hydrogens (tertiary/aromatic N) is 4. The predicted molar refractivity (Wildman–Crippen MR) is 66.3 cm³/mol. The van der Waals surface area contributed by atoms with Crippen LogP contribution in [0.15, 0.2) is 4.79 Å². The Kier molecular flexibility index (Phi) is 2.66. The Labute approximate surface area is 103 Å². The molecule has 0 aromatic carbocycles. The smallest absolute Gasteiger partial charge is 0.283 e. The molecule has 0 atom stereocenters. The summed E-state index contributed by atoms with van der Waals surface area (Å²) >= 11 is 1.19. The second-order valence-electron chi connectivity index (χ2n) is 4.55. The van der Waals surface area contributed by atoms with E-state index >= 15 is 0 Å². The molecule has 0 aliphatic heterocycles. The zero-order valence-corrected chi connectivity index (χ0v) is 10.5. The Morgan fingerprint density at radius 2 is 2.06 bits per heavy atom. The van der Waals surface area contributed by atoms with E-state index in [0.29, 0.717) is 16.4 Å². The normalized spacial score (nSPS) is 17.7. The van der Waals surface area contributed by atoms with Crippen LogP contribution in [-0.4, -0.2) is 19.1 Å². The van der Waals surface area contributed by atoms with Crippen molar-refractivity contribution in [2.75, 3.05) is 0 Å². The van der Waals surface area contributed by atoms with E-state index in [1.54, 1.807) is 0 Å². The Morgan fingerprint density at radius 1 is 1.29 bits per heavy atom. The van der Waals surface area contributed by atoms with E-state index in [-0.39, 0.29) is 5.56 Å². The second-order valence-corrected chi connectivity index (χ2v) is 5.29. The van der Waals surface area contributed by atoms with E-state index in [2.05, 4.69) is 14.6 Å². The lowest BCUT2D eigenvalue weighted by molar-refractivity contribution is 0.339. The molecule has 0 saturated heterocycles. The molecule has 2 aromatic heterocycles. The Morgan fingerprint density at radius 3 is 2.82 bits per heavy atom. The van der Waals surface area contributed by atoms with Crippen molar-refractivity contribution in [3.05, 3.63) is 16.2 Å². The average molecular weight is 250 g/mol. The van der Waals surface area contributed by atoms with Gasteiger partial charge in [-0.2, -0.15) is 0 Å². The van der Waals surface area contributed by atoms with Gasteiger partial charge in [-0.05, 0) is 19.8 Å². The summed E-state index contributed by atoms with van der Waals surface area (Å²) in [7, 11) is 0.